The fourth-order valence-corrected chi connectivity index (χ4v) is 4.69. The molecule has 4 rings (SSSR count). The molecule has 31 heavy (non-hydrogen) atoms. The second-order valence-corrected chi connectivity index (χ2v) is 8.90. The predicted octanol–water partition coefficient (Wildman–Crippen LogP) is 3.24. The van der Waals surface area contributed by atoms with Gasteiger partial charge in [0.15, 0.2) is 5.96 Å². The lowest BCUT2D eigenvalue weighted by molar-refractivity contribution is -0.127. The molecule has 2 unspecified atom stereocenters. The highest BCUT2D eigenvalue weighted by Gasteiger charge is 2.43. The Hall–Kier alpha value is -1.55. The third-order valence-electron chi connectivity index (χ3n) is 6.42. The molecule has 1 aromatic carbocycles. The molecule has 2 heterocycles. The molecule has 1 aromatic rings. The molecule has 0 radical (unpaired) electrons. The Bertz CT molecular complexity index is 774. The van der Waals surface area contributed by atoms with Gasteiger partial charge in [-0.25, -0.2) is 4.99 Å². The number of fused-ring (bicyclic) bond motifs is 1. The van der Waals surface area contributed by atoms with E-state index in [-0.39, 0.29) is 54.2 Å². The van der Waals surface area contributed by atoms with Gasteiger partial charge in [-0.1, -0.05) is 18.2 Å². The van der Waals surface area contributed by atoms with Crippen molar-refractivity contribution in [1.82, 2.24) is 15.5 Å². The molecule has 7 nitrogen and oxygen atoms in total. The average Bonchev–Trinajstić information content (AvgIpc) is 3.42. The largest absolute Gasteiger partial charge is 0.487 e. The van der Waals surface area contributed by atoms with E-state index in [1.54, 1.807) is 19.0 Å². The summed E-state index contributed by atoms with van der Waals surface area (Å²) in [5, 5.41) is 7.03. The van der Waals surface area contributed by atoms with Crippen LogP contribution in [0.25, 0.3) is 0 Å². The Balaban J connectivity index is 0.00000272. The number of ether oxygens (including phenoxy) is 2. The SMILES string of the molecule is CN(C)C(=O)CN=C(NCC1CCCO1)NC1CC2(CCCC2)Oc2ccccc21.I. The summed E-state index contributed by atoms with van der Waals surface area (Å²) in [4.78, 5) is 18.3. The van der Waals surface area contributed by atoms with Crippen molar-refractivity contribution in [3.8, 4) is 5.75 Å². The zero-order valence-corrected chi connectivity index (χ0v) is 20.9. The number of para-hydroxylation sites is 1. The lowest BCUT2D eigenvalue weighted by Crippen LogP contribution is -2.48. The Morgan fingerprint density at radius 1 is 1.23 bits per heavy atom. The number of carbonyl (C=O) groups excluding carboxylic acids is 1. The van der Waals surface area contributed by atoms with E-state index >= 15 is 0 Å². The summed E-state index contributed by atoms with van der Waals surface area (Å²) in [7, 11) is 3.51. The minimum Gasteiger partial charge on any atom is -0.487 e. The highest BCUT2D eigenvalue weighted by molar-refractivity contribution is 14.0. The van der Waals surface area contributed by atoms with Crippen LogP contribution in [0.2, 0.25) is 0 Å². The Morgan fingerprint density at radius 3 is 2.71 bits per heavy atom. The summed E-state index contributed by atoms with van der Waals surface area (Å²) in [5.41, 5.74) is 1.06. The molecular formula is C23H35IN4O3. The van der Waals surface area contributed by atoms with Crippen molar-refractivity contribution in [3.05, 3.63) is 29.8 Å². The Labute approximate surface area is 202 Å². The van der Waals surface area contributed by atoms with E-state index in [0.717, 1.165) is 50.0 Å². The van der Waals surface area contributed by atoms with Crippen molar-refractivity contribution >= 4 is 35.8 Å². The molecular weight excluding hydrogens is 507 g/mol. The molecule has 1 amide bonds. The highest BCUT2D eigenvalue weighted by atomic mass is 127. The lowest BCUT2D eigenvalue weighted by atomic mass is 9.86. The molecule has 1 saturated carbocycles. The topological polar surface area (TPSA) is 75.2 Å². The van der Waals surface area contributed by atoms with Gasteiger partial charge < -0.3 is 25.0 Å². The summed E-state index contributed by atoms with van der Waals surface area (Å²) in [6.45, 7) is 1.63. The molecule has 8 heteroatoms. The van der Waals surface area contributed by atoms with E-state index in [2.05, 4.69) is 33.8 Å². The number of hydrogen-bond donors (Lipinski definition) is 2. The van der Waals surface area contributed by atoms with Crippen LogP contribution in [0.15, 0.2) is 29.3 Å². The third-order valence-corrected chi connectivity index (χ3v) is 6.42. The number of halogens is 1. The number of amides is 1. The van der Waals surface area contributed by atoms with Crippen LogP contribution in [0.4, 0.5) is 0 Å². The zero-order chi connectivity index (χ0) is 21.0. The number of carbonyl (C=O) groups is 1. The van der Waals surface area contributed by atoms with Crippen LogP contribution in [0, 0.1) is 0 Å². The first kappa shape index (κ1) is 24.1. The first-order valence-electron chi connectivity index (χ1n) is 11.2. The van der Waals surface area contributed by atoms with Crippen molar-refractivity contribution in [2.24, 2.45) is 4.99 Å². The van der Waals surface area contributed by atoms with Crippen LogP contribution in [-0.2, 0) is 9.53 Å². The number of aliphatic imine (C=N–C) groups is 1. The third kappa shape index (κ3) is 6.03. The smallest absolute Gasteiger partial charge is 0.243 e. The Kier molecular flexibility index (Phi) is 8.43. The van der Waals surface area contributed by atoms with Gasteiger partial charge in [0.1, 0.15) is 17.9 Å². The lowest BCUT2D eigenvalue weighted by Gasteiger charge is -2.40. The van der Waals surface area contributed by atoms with Crippen molar-refractivity contribution in [3.63, 3.8) is 0 Å². The molecule has 0 bridgehead atoms. The van der Waals surface area contributed by atoms with Crippen molar-refractivity contribution in [1.29, 1.82) is 0 Å². The summed E-state index contributed by atoms with van der Waals surface area (Å²) in [5.74, 6) is 1.61. The average molecular weight is 542 g/mol. The van der Waals surface area contributed by atoms with Crippen molar-refractivity contribution < 1.29 is 14.3 Å². The fraction of sp³-hybridized carbons (Fsp3) is 0.652. The van der Waals surface area contributed by atoms with E-state index in [4.69, 9.17) is 9.47 Å². The number of nitrogens with zero attached hydrogens (tertiary/aromatic N) is 2. The maximum atomic E-state index is 12.1. The number of guanidine groups is 1. The second-order valence-electron chi connectivity index (χ2n) is 8.90. The van der Waals surface area contributed by atoms with Gasteiger partial charge in [-0.2, -0.15) is 0 Å². The van der Waals surface area contributed by atoms with Crippen molar-refractivity contribution in [2.75, 3.05) is 33.8 Å². The van der Waals surface area contributed by atoms with Crippen LogP contribution < -0.4 is 15.4 Å². The summed E-state index contributed by atoms with van der Waals surface area (Å²) < 4.78 is 12.2. The van der Waals surface area contributed by atoms with E-state index in [9.17, 15) is 4.79 Å². The number of benzene rings is 1. The van der Waals surface area contributed by atoms with Crippen LogP contribution in [0.3, 0.4) is 0 Å². The first-order chi connectivity index (χ1) is 14.5. The molecule has 0 aromatic heterocycles. The maximum Gasteiger partial charge on any atom is 0.243 e. The molecule has 1 aliphatic carbocycles. The second kappa shape index (κ2) is 10.8. The minimum atomic E-state index is -0.0921. The van der Waals surface area contributed by atoms with E-state index in [0.29, 0.717) is 12.5 Å². The number of hydrogen-bond acceptors (Lipinski definition) is 4. The van der Waals surface area contributed by atoms with Gasteiger partial charge in [0.25, 0.3) is 0 Å². The van der Waals surface area contributed by atoms with Gasteiger partial charge in [0.2, 0.25) is 5.91 Å². The molecule has 1 spiro atoms. The van der Waals surface area contributed by atoms with Crippen LogP contribution in [0.1, 0.15) is 56.6 Å². The number of likely N-dealkylation sites (N-methyl/N-ethyl adjacent to an activating group) is 1. The molecule has 2 aliphatic heterocycles. The van der Waals surface area contributed by atoms with Gasteiger partial charge in [0, 0.05) is 39.2 Å². The van der Waals surface area contributed by atoms with Crippen LogP contribution >= 0.6 is 24.0 Å². The zero-order valence-electron chi connectivity index (χ0n) is 18.6. The van der Waals surface area contributed by atoms with E-state index in [1.807, 2.05) is 6.07 Å². The predicted molar refractivity (Wildman–Crippen MR) is 132 cm³/mol. The standard InChI is InChI=1S/C23H34N4O3.HI/c1-27(2)21(28)16-25-22(24-15-17-8-7-13-29-17)26-19-14-23(11-5-6-12-23)30-20-10-4-3-9-18(19)20;/h3-4,9-10,17,19H,5-8,11-16H2,1-2H3,(H2,24,25,26);1H. The van der Waals surface area contributed by atoms with Crippen LogP contribution in [0.5, 0.6) is 5.75 Å². The molecule has 172 valence electrons. The summed E-state index contributed by atoms with van der Waals surface area (Å²) in [6.07, 6.45) is 7.87. The van der Waals surface area contributed by atoms with Gasteiger partial charge >= 0.3 is 0 Å². The molecule has 1 saturated heterocycles. The quantitative estimate of drug-likeness (QED) is 0.340. The molecule has 3 aliphatic rings. The molecule has 2 fully saturated rings. The minimum absolute atomic E-state index is 0. The van der Waals surface area contributed by atoms with E-state index in [1.165, 1.54) is 12.8 Å². The van der Waals surface area contributed by atoms with Crippen LogP contribution in [-0.4, -0.2) is 62.3 Å². The highest BCUT2D eigenvalue weighted by Crippen LogP contribution is 2.46. The number of rotatable bonds is 5. The van der Waals surface area contributed by atoms with Gasteiger partial charge in [-0.05, 0) is 44.6 Å². The maximum absolute atomic E-state index is 12.1. The molecule has 2 N–H and O–H groups in total. The monoisotopic (exact) mass is 542 g/mol. The molecule has 2 atom stereocenters. The van der Waals surface area contributed by atoms with Gasteiger partial charge in [0.05, 0.1) is 12.1 Å². The summed E-state index contributed by atoms with van der Waals surface area (Å²) >= 11 is 0. The van der Waals surface area contributed by atoms with Gasteiger partial charge in [-0.15, -0.1) is 24.0 Å². The Morgan fingerprint density at radius 2 is 2.00 bits per heavy atom. The van der Waals surface area contributed by atoms with Crippen molar-refractivity contribution in [2.45, 2.75) is 62.7 Å². The fourth-order valence-electron chi connectivity index (χ4n) is 4.69. The normalized spacial score (nSPS) is 24.1. The summed E-state index contributed by atoms with van der Waals surface area (Å²) in [6, 6.07) is 8.37. The van der Waals surface area contributed by atoms with E-state index < -0.39 is 0 Å². The van der Waals surface area contributed by atoms with Gasteiger partial charge in [-0.3, -0.25) is 4.79 Å². The number of nitrogens with one attached hydrogen (secondary N) is 2. The first-order valence-corrected chi connectivity index (χ1v) is 11.2.